The first kappa shape index (κ1) is 30.7. The summed E-state index contributed by atoms with van der Waals surface area (Å²) >= 11 is 0. The number of carboxylic acid groups (broad SMARTS) is 1. The maximum Gasteiger partial charge on any atom is 0.490 e. The van der Waals surface area contributed by atoms with E-state index in [0.717, 1.165) is 51.1 Å². The Bertz CT molecular complexity index is 1660. The minimum Gasteiger partial charge on any atom is -0.475 e. The van der Waals surface area contributed by atoms with Crippen molar-refractivity contribution < 1.29 is 27.9 Å². The van der Waals surface area contributed by atoms with Gasteiger partial charge in [-0.3, -0.25) is 19.8 Å². The molecule has 2 saturated heterocycles. The first-order valence-electron chi connectivity index (χ1n) is 14.4. The van der Waals surface area contributed by atoms with Gasteiger partial charge in [-0.1, -0.05) is 55.0 Å². The fourth-order valence-electron chi connectivity index (χ4n) is 5.32. The molecule has 0 aliphatic carbocycles. The number of hydrogen-bond acceptors (Lipinski definition) is 5. The number of aromatic nitrogens is 3. The lowest BCUT2D eigenvalue weighted by molar-refractivity contribution is -0.192. The van der Waals surface area contributed by atoms with Gasteiger partial charge in [0.25, 0.3) is 0 Å². The van der Waals surface area contributed by atoms with E-state index in [2.05, 4.69) is 67.9 Å². The summed E-state index contributed by atoms with van der Waals surface area (Å²) in [7, 11) is 0. The summed E-state index contributed by atoms with van der Waals surface area (Å²) in [6, 6.07) is 20.6. The van der Waals surface area contributed by atoms with Crippen LogP contribution in [0.4, 0.5) is 13.2 Å². The number of nitrogens with zero attached hydrogens (tertiary/aromatic N) is 3. The molecule has 2 aromatic heterocycles. The second-order valence-electron chi connectivity index (χ2n) is 10.7. The smallest absolute Gasteiger partial charge is 0.475 e. The third-order valence-corrected chi connectivity index (χ3v) is 7.60. The molecule has 2 fully saturated rings. The van der Waals surface area contributed by atoms with Crippen LogP contribution in [0.3, 0.4) is 0 Å². The van der Waals surface area contributed by atoms with Gasteiger partial charge < -0.3 is 10.4 Å². The highest BCUT2D eigenvalue weighted by Crippen LogP contribution is 2.31. The Kier molecular flexibility index (Phi) is 9.54. The van der Waals surface area contributed by atoms with Crippen LogP contribution in [0.25, 0.3) is 29.1 Å². The lowest BCUT2D eigenvalue weighted by atomic mass is 9.92. The molecule has 4 heterocycles. The van der Waals surface area contributed by atoms with Gasteiger partial charge in [0.15, 0.2) is 0 Å². The summed E-state index contributed by atoms with van der Waals surface area (Å²) in [4.78, 5) is 28.6. The topological polar surface area (TPSA) is 111 Å². The summed E-state index contributed by atoms with van der Waals surface area (Å²) in [6.45, 7) is 3.91. The minimum atomic E-state index is -5.08. The van der Waals surface area contributed by atoms with Crippen molar-refractivity contribution in [1.82, 2.24) is 25.4 Å². The largest absolute Gasteiger partial charge is 0.490 e. The van der Waals surface area contributed by atoms with Crippen LogP contribution < -0.4 is 5.32 Å². The number of hydrogen-bond donors (Lipinski definition) is 3. The number of nitrogens with one attached hydrogen (secondary N) is 2. The zero-order valence-electron chi connectivity index (χ0n) is 23.8. The number of likely N-dealkylation sites (tertiary alicyclic amines) is 1. The Hall–Kier alpha value is -4.77. The van der Waals surface area contributed by atoms with Gasteiger partial charge in [-0.05, 0) is 73.0 Å². The van der Waals surface area contributed by atoms with E-state index in [1.807, 2.05) is 42.6 Å². The monoisotopic (exact) mass is 603 g/mol. The number of fused-ring (bicyclic) bond motifs is 1. The van der Waals surface area contributed by atoms with E-state index in [9.17, 15) is 18.0 Å². The van der Waals surface area contributed by atoms with Crippen LogP contribution in [-0.2, 0) is 16.1 Å². The molecule has 4 aromatic rings. The summed E-state index contributed by atoms with van der Waals surface area (Å²) in [5, 5.41) is 18.8. The molecule has 0 saturated carbocycles. The van der Waals surface area contributed by atoms with E-state index in [1.54, 1.807) is 0 Å². The van der Waals surface area contributed by atoms with Gasteiger partial charge >= 0.3 is 12.1 Å². The molecular weight excluding hydrogens is 571 g/mol. The molecule has 3 N–H and O–H groups in total. The number of benzene rings is 2. The number of H-pyrrole nitrogens is 1. The van der Waals surface area contributed by atoms with Crippen LogP contribution in [0.5, 0.6) is 0 Å². The Labute approximate surface area is 252 Å². The Morgan fingerprint density at radius 1 is 1.00 bits per heavy atom. The van der Waals surface area contributed by atoms with Crippen molar-refractivity contribution in [3.63, 3.8) is 0 Å². The van der Waals surface area contributed by atoms with Crippen molar-refractivity contribution in [2.24, 2.45) is 0 Å². The number of carboxylic acids is 1. The zero-order chi connectivity index (χ0) is 31.1. The van der Waals surface area contributed by atoms with Crippen LogP contribution in [0.15, 0.2) is 72.4 Å². The first-order chi connectivity index (χ1) is 21.2. The molecule has 2 aromatic carbocycles. The van der Waals surface area contributed by atoms with Crippen LogP contribution >= 0.6 is 0 Å². The molecule has 228 valence electrons. The molecule has 0 spiro atoms. The summed E-state index contributed by atoms with van der Waals surface area (Å²) < 4.78 is 31.7. The quantitative estimate of drug-likeness (QED) is 0.232. The molecule has 8 nitrogen and oxygen atoms in total. The molecule has 11 heteroatoms. The predicted molar refractivity (Wildman–Crippen MR) is 162 cm³/mol. The van der Waals surface area contributed by atoms with Crippen molar-refractivity contribution in [2.45, 2.75) is 37.9 Å². The average Bonchev–Trinajstić information content (AvgIpc) is 3.60. The van der Waals surface area contributed by atoms with Gasteiger partial charge in [0.2, 0.25) is 5.91 Å². The normalized spacial score (nSPS) is 18.4. The van der Waals surface area contributed by atoms with Crippen LogP contribution in [-0.4, -0.2) is 62.9 Å². The number of carbonyl (C=O) groups excluding carboxylic acids is 1. The SMILES string of the molecule is O=C(O)C(F)(F)F.O=C1NCC(c2ccccc2)/C1=C\c1ccc2c(/C=C/c3ccc(CN4CCCCC4)nc3)n[nH]c2c1. The number of amides is 1. The lowest BCUT2D eigenvalue weighted by Gasteiger charge is -2.25. The third kappa shape index (κ3) is 7.78. The number of halogens is 3. The van der Waals surface area contributed by atoms with Gasteiger partial charge in [-0.2, -0.15) is 18.3 Å². The van der Waals surface area contributed by atoms with Gasteiger partial charge in [-0.25, -0.2) is 4.79 Å². The van der Waals surface area contributed by atoms with E-state index < -0.39 is 12.1 Å². The Morgan fingerprint density at radius 2 is 1.73 bits per heavy atom. The second-order valence-corrected chi connectivity index (χ2v) is 10.7. The van der Waals surface area contributed by atoms with E-state index in [4.69, 9.17) is 9.90 Å². The van der Waals surface area contributed by atoms with E-state index in [-0.39, 0.29) is 11.8 Å². The predicted octanol–water partition coefficient (Wildman–Crippen LogP) is 6.04. The highest BCUT2D eigenvalue weighted by Gasteiger charge is 2.38. The van der Waals surface area contributed by atoms with Crippen molar-refractivity contribution >= 4 is 41.0 Å². The van der Waals surface area contributed by atoms with Gasteiger partial charge in [0, 0.05) is 36.2 Å². The van der Waals surface area contributed by atoms with Crippen LogP contribution in [0.2, 0.25) is 0 Å². The summed E-state index contributed by atoms with van der Waals surface area (Å²) in [5.74, 6) is -2.70. The van der Waals surface area contributed by atoms with E-state index in [0.29, 0.717) is 6.54 Å². The maximum atomic E-state index is 12.6. The second kappa shape index (κ2) is 13.7. The molecule has 0 radical (unpaired) electrons. The summed E-state index contributed by atoms with van der Waals surface area (Å²) in [6.07, 6.45) is 6.85. The lowest BCUT2D eigenvalue weighted by Crippen LogP contribution is -2.29. The Balaban J connectivity index is 0.000000493. The van der Waals surface area contributed by atoms with Crippen LogP contribution in [0, 0.1) is 0 Å². The molecule has 0 bridgehead atoms. The number of aromatic amines is 1. The standard InChI is InChI=1S/C31H31N5O.C2HF3O2/c37-31-27(28(20-33-31)24-7-3-1-4-8-24)17-23-10-13-26-29(34-35-30(26)18-23)14-11-22-9-12-25(32-19-22)21-36-15-5-2-6-16-36;3-2(4,5)1(6)7/h1,3-4,7-14,17-19,28H,2,5-6,15-16,20-21H2,(H,33,37)(H,34,35);(H,6,7)/b14-11+,27-17+;. The van der Waals surface area contributed by atoms with Gasteiger partial charge in [0.1, 0.15) is 0 Å². The number of carbonyl (C=O) groups is 2. The molecular formula is C33H32F3N5O3. The average molecular weight is 604 g/mol. The summed E-state index contributed by atoms with van der Waals surface area (Å²) in [5.41, 5.74) is 6.92. The van der Waals surface area contributed by atoms with E-state index >= 15 is 0 Å². The molecule has 1 unspecified atom stereocenters. The molecule has 1 atom stereocenters. The fraction of sp³-hybridized carbons (Fsp3) is 0.273. The fourth-order valence-corrected chi connectivity index (χ4v) is 5.32. The van der Waals surface area contributed by atoms with Crippen molar-refractivity contribution in [1.29, 1.82) is 0 Å². The Morgan fingerprint density at radius 3 is 2.41 bits per heavy atom. The number of piperidine rings is 1. The number of alkyl halides is 3. The van der Waals surface area contributed by atoms with E-state index in [1.165, 1.54) is 32.4 Å². The molecule has 6 rings (SSSR count). The number of pyridine rings is 1. The molecule has 1 amide bonds. The number of rotatable bonds is 6. The minimum absolute atomic E-state index is 0.00209. The van der Waals surface area contributed by atoms with Crippen molar-refractivity contribution in [3.05, 3.63) is 101 Å². The van der Waals surface area contributed by atoms with Gasteiger partial charge in [0.05, 0.1) is 16.9 Å². The van der Waals surface area contributed by atoms with Crippen LogP contribution in [0.1, 0.15) is 53.3 Å². The highest BCUT2D eigenvalue weighted by molar-refractivity contribution is 6.02. The number of aliphatic carboxylic acids is 1. The molecule has 2 aliphatic rings. The van der Waals surface area contributed by atoms with Crippen molar-refractivity contribution in [3.8, 4) is 0 Å². The zero-order valence-corrected chi connectivity index (χ0v) is 23.8. The molecule has 2 aliphatic heterocycles. The van der Waals surface area contributed by atoms with Gasteiger partial charge in [-0.15, -0.1) is 0 Å². The first-order valence-corrected chi connectivity index (χ1v) is 14.4. The molecule has 44 heavy (non-hydrogen) atoms. The van der Waals surface area contributed by atoms with Crippen molar-refractivity contribution in [2.75, 3.05) is 19.6 Å². The maximum absolute atomic E-state index is 12.6. The highest BCUT2D eigenvalue weighted by atomic mass is 19.4. The third-order valence-electron chi connectivity index (χ3n) is 7.60.